The highest BCUT2D eigenvalue weighted by Gasteiger charge is 2.26. The van der Waals surface area contributed by atoms with Crippen LogP contribution in [0.2, 0.25) is 0 Å². The molecule has 0 heterocycles. The molecule has 1 saturated carbocycles. The first-order valence-corrected chi connectivity index (χ1v) is 12.0. The molecule has 158 valence electrons. The van der Waals surface area contributed by atoms with E-state index < -0.39 is 0 Å². The van der Waals surface area contributed by atoms with E-state index in [4.69, 9.17) is 4.74 Å². The highest BCUT2D eigenvalue weighted by Crippen LogP contribution is 2.38. The number of hydrogen-bond donors (Lipinski definition) is 0. The van der Waals surface area contributed by atoms with Gasteiger partial charge in [-0.1, -0.05) is 82.3 Å². The van der Waals surface area contributed by atoms with Crippen molar-refractivity contribution in [3.8, 4) is 16.9 Å². The molecule has 0 aliphatic heterocycles. The first-order valence-electron chi connectivity index (χ1n) is 12.0. The van der Waals surface area contributed by atoms with E-state index in [9.17, 15) is 0 Å². The third-order valence-electron chi connectivity index (χ3n) is 6.93. The number of rotatable bonds is 10. The second kappa shape index (κ2) is 11.4. The minimum atomic E-state index is 0.715. The maximum absolute atomic E-state index is 5.54. The highest BCUT2D eigenvalue weighted by atomic mass is 16.5. The van der Waals surface area contributed by atoms with Crippen molar-refractivity contribution in [2.24, 2.45) is 17.8 Å². The molecule has 1 nitrogen and oxygen atoms in total. The first kappa shape index (κ1) is 21.9. The summed E-state index contributed by atoms with van der Waals surface area (Å²) < 4.78 is 5.54. The van der Waals surface area contributed by atoms with Crippen molar-refractivity contribution < 1.29 is 4.74 Å². The second-order valence-corrected chi connectivity index (χ2v) is 9.11. The molecule has 1 aliphatic carbocycles. The van der Waals surface area contributed by atoms with Crippen LogP contribution in [0.1, 0.15) is 77.7 Å². The normalized spacial score (nSPS) is 21.8. The Hall–Kier alpha value is -1.76. The van der Waals surface area contributed by atoms with Gasteiger partial charge in [-0.2, -0.15) is 0 Å². The zero-order valence-electron chi connectivity index (χ0n) is 18.8. The van der Waals surface area contributed by atoms with Crippen molar-refractivity contribution in [1.29, 1.82) is 0 Å². The zero-order chi connectivity index (χ0) is 20.5. The second-order valence-electron chi connectivity index (χ2n) is 9.11. The van der Waals surface area contributed by atoms with Gasteiger partial charge in [-0.3, -0.25) is 0 Å². The van der Waals surface area contributed by atoms with Crippen LogP contribution in [-0.4, -0.2) is 6.61 Å². The minimum Gasteiger partial charge on any atom is -0.494 e. The molecule has 2 aromatic carbocycles. The van der Waals surface area contributed by atoms with E-state index in [-0.39, 0.29) is 0 Å². The van der Waals surface area contributed by atoms with E-state index in [0.717, 1.165) is 23.5 Å². The van der Waals surface area contributed by atoms with E-state index in [0.29, 0.717) is 6.61 Å². The summed E-state index contributed by atoms with van der Waals surface area (Å²) in [6.07, 6.45) is 12.6. The average Bonchev–Trinajstić information content (AvgIpc) is 2.75. The van der Waals surface area contributed by atoms with Gasteiger partial charge in [0.05, 0.1) is 6.61 Å². The van der Waals surface area contributed by atoms with Crippen LogP contribution in [0.4, 0.5) is 0 Å². The molecule has 3 rings (SSSR count). The Labute approximate surface area is 178 Å². The Morgan fingerprint density at radius 3 is 2.14 bits per heavy atom. The zero-order valence-corrected chi connectivity index (χ0v) is 18.8. The Morgan fingerprint density at radius 2 is 1.52 bits per heavy atom. The van der Waals surface area contributed by atoms with Gasteiger partial charge in [-0.15, -0.1) is 0 Å². The summed E-state index contributed by atoms with van der Waals surface area (Å²) in [6, 6.07) is 17.6. The summed E-state index contributed by atoms with van der Waals surface area (Å²) in [5, 5.41) is 0. The number of ether oxygens (including phenoxy) is 1. The fourth-order valence-electron chi connectivity index (χ4n) is 5.07. The Balaban J connectivity index is 1.46. The molecule has 2 aromatic rings. The van der Waals surface area contributed by atoms with Gasteiger partial charge >= 0.3 is 0 Å². The largest absolute Gasteiger partial charge is 0.494 e. The minimum absolute atomic E-state index is 0.715. The lowest BCUT2D eigenvalue weighted by molar-refractivity contribution is 0.175. The molecule has 1 aliphatic rings. The number of hydrogen-bond acceptors (Lipinski definition) is 1. The Morgan fingerprint density at radius 1 is 0.828 bits per heavy atom. The molecule has 0 spiro atoms. The molecule has 1 heteroatoms. The van der Waals surface area contributed by atoms with E-state index in [1.165, 1.54) is 74.5 Å². The third kappa shape index (κ3) is 6.63. The average molecular weight is 393 g/mol. The molecular formula is C28H40O. The lowest BCUT2D eigenvalue weighted by Gasteiger charge is -2.34. The van der Waals surface area contributed by atoms with Gasteiger partial charge in [0, 0.05) is 0 Å². The van der Waals surface area contributed by atoms with Crippen molar-refractivity contribution in [2.75, 3.05) is 6.61 Å². The smallest absolute Gasteiger partial charge is 0.119 e. The molecule has 0 saturated heterocycles. The fraction of sp³-hybridized carbons (Fsp3) is 0.571. The van der Waals surface area contributed by atoms with Crippen molar-refractivity contribution in [3.63, 3.8) is 0 Å². The lowest BCUT2D eigenvalue weighted by Crippen LogP contribution is -2.23. The molecule has 0 radical (unpaired) electrons. The van der Waals surface area contributed by atoms with Crippen LogP contribution in [0, 0.1) is 17.8 Å². The standard InChI is InChI=1S/C28H40O/c1-4-6-7-8-24-12-14-25(22(3)21-24)13-9-23-10-15-26(16-11-23)27-17-19-28(20-18-27)29-5-2/h10-11,15-20,22,24-25H,4-9,12-14,21H2,1-3H3. The van der Waals surface area contributed by atoms with E-state index >= 15 is 0 Å². The summed E-state index contributed by atoms with van der Waals surface area (Å²) in [4.78, 5) is 0. The van der Waals surface area contributed by atoms with Crippen LogP contribution in [0.3, 0.4) is 0 Å². The van der Waals surface area contributed by atoms with E-state index in [1.54, 1.807) is 0 Å². The first-order chi connectivity index (χ1) is 14.2. The fourth-order valence-corrected chi connectivity index (χ4v) is 5.07. The van der Waals surface area contributed by atoms with Gasteiger partial charge in [-0.05, 0) is 79.2 Å². The maximum atomic E-state index is 5.54. The van der Waals surface area contributed by atoms with Gasteiger partial charge in [0.25, 0.3) is 0 Å². The van der Waals surface area contributed by atoms with Crippen LogP contribution in [0.25, 0.3) is 11.1 Å². The molecule has 3 atom stereocenters. The molecule has 3 unspecified atom stereocenters. The molecule has 0 amide bonds. The lowest BCUT2D eigenvalue weighted by atomic mass is 9.71. The molecular weight excluding hydrogens is 352 g/mol. The molecule has 0 aromatic heterocycles. The van der Waals surface area contributed by atoms with Gasteiger partial charge in [0.15, 0.2) is 0 Å². The number of aryl methyl sites for hydroxylation is 1. The molecule has 0 bridgehead atoms. The predicted molar refractivity (Wildman–Crippen MR) is 126 cm³/mol. The van der Waals surface area contributed by atoms with Crippen LogP contribution in [0.15, 0.2) is 48.5 Å². The molecule has 1 fully saturated rings. The van der Waals surface area contributed by atoms with E-state index in [1.807, 2.05) is 6.92 Å². The van der Waals surface area contributed by atoms with Crippen molar-refractivity contribution in [2.45, 2.75) is 78.6 Å². The van der Waals surface area contributed by atoms with Gasteiger partial charge in [0.2, 0.25) is 0 Å². The summed E-state index contributed by atoms with van der Waals surface area (Å²) in [6.45, 7) is 7.55. The summed E-state index contributed by atoms with van der Waals surface area (Å²) in [7, 11) is 0. The third-order valence-corrected chi connectivity index (χ3v) is 6.93. The maximum Gasteiger partial charge on any atom is 0.119 e. The quantitative estimate of drug-likeness (QED) is 0.369. The van der Waals surface area contributed by atoms with Gasteiger partial charge < -0.3 is 4.74 Å². The Kier molecular flexibility index (Phi) is 8.65. The van der Waals surface area contributed by atoms with Crippen molar-refractivity contribution >= 4 is 0 Å². The summed E-state index contributed by atoms with van der Waals surface area (Å²) >= 11 is 0. The molecule has 0 N–H and O–H groups in total. The molecule has 29 heavy (non-hydrogen) atoms. The van der Waals surface area contributed by atoms with Crippen LogP contribution in [0.5, 0.6) is 5.75 Å². The van der Waals surface area contributed by atoms with Gasteiger partial charge in [-0.25, -0.2) is 0 Å². The van der Waals surface area contributed by atoms with Gasteiger partial charge in [0.1, 0.15) is 5.75 Å². The summed E-state index contributed by atoms with van der Waals surface area (Å²) in [5.41, 5.74) is 4.03. The topological polar surface area (TPSA) is 9.23 Å². The van der Waals surface area contributed by atoms with Crippen LogP contribution in [-0.2, 0) is 6.42 Å². The SMILES string of the molecule is CCCCCC1CCC(CCc2ccc(-c3ccc(OCC)cc3)cc2)C(C)C1. The van der Waals surface area contributed by atoms with Crippen molar-refractivity contribution in [1.82, 2.24) is 0 Å². The van der Waals surface area contributed by atoms with Crippen LogP contribution < -0.4 is 4.74 Å². The summed E-state index contributed by atoms with van der Waals surface area (Å²) in [5.74, 6) is 3.77. The van der Waals surface area contributed by atoms with Crippen LogP contribution >= 0.6 is 0 Å². The van der Waals surface area contributed by atoms with E-state index in [2.05, 4.69) is 62.4 Å². The van der Waals surface area contributed by atoms with Crippen molar-refractivity contribution in [3.05, 3.63) is 54.1 Å². The Bertz CT molecular complexity index is 700. The highest BCUT2D eigenvalue weighted by molar-refractivity contribution is 5.64. The number of benzene rings is 2. The number of unbranched alkanes of at least 4 members (excludes halogenated alkanes) is 2. The monoisotopic (exact) mass is 392 g/mol. The predicted octanol–water partition coefficient (Wildman–Crippen LogP) is 8.32.